The van der Waals surface area contributed by atoms with Gasteiger partial charge in [0.1, 0.15) is 0 Å². The van der Waals surface area contributed by atoms with Gasteiger partial charge in [-0.25, -0.2) is 0 Å². The van der Waals surface area contributed by atoms with E-state index in [0.29, 0.717) is 6.04 Å². The van der Waals surface area contributed by atoms with Crippen LogP contribution in [0, 0.1) is 0 Å². The highest BCUT2D eigenvalue weighted by Crippen LogP contribution is 2.27. The van der Waals surface area contributed by atoms with Crippen LogP contribution in [0.1, 0.15) is 18.9 Å². The van der Waals surface area contributed by atoms with Gasteiger partial charge in [0.05, 0.1) is 0 Å². The number of allylic oxidation sites excluding steroid dienone is 1. The van der Waals surface area contributed by atoms with Crippen LogP contribution in [0.2, 0.25) is 0 Å². The Bertz CT molecular complexity index is 471. The minimum atomic E-state index is 0.443. The molecule has 2 nitrogen and oxygen atoms in total. The molecule has 0 amide bonds. The van der Waals surface area contributed by atoms with Crippen molar-refractivity contribution in [3.63, 3.8) is 0 Å². The van der Waals surface area contributed by atoms with Crippen LogP contribution in [0.25, 0.3) is 5.70 Å². The molecular weight excluding hydrogens is 208 g/mol. The predicted molar refractivity (Wildman–Crippen MR) is 71.5 cm³/mol. The van der Waals surface area contributed by atoms with Crippen molar-refractivity contribution in [1.82, 2.24) is 10.6 Å². The van der Waals surface area contributed by atoms with Gasteiger partial charge < -0.3 is 10.6 Å². The van der Waals surface area contributed by atoms with E-state index in [0.717, 1.165) is 19.5 Å². The predicted octanol–water partition coefficient (Wildman–Crippen LogP) is 2.31. The van der Waals surface area contributed by atoms with Gasteiger partial charge in [-0.05, 0) is 42.7 Å². The third kappa shape index (κ3) is 2.01. The van der Waals surface area contributed by atoms with Crippen LogP contribution in [-0.2, 0) is 0 Å². The van der Waals surface area contributed by atoms with E-state index in [1.807, 2.05) is 0 Å². The van der Waals surface area contributed by atoms with E-state index in [-0.39, 0.29) is 0 Å². The third-order valence-electron chi connectivity index (χ3n) is 3.60. The molecular formula is C15H18N2. The van der Waals surface area contributed by atoms with Crippen LogP contribution in [0.4, 0.5) is 0 Å². The first-order valence-corrected chi connectivity index (χ1v) is 6.31. The van der Waals surface area contributed by atoms with Crippen LogP contribution in [0.15, 0.2) is 47.6 Å². The van der Waals surface area contributed by atoms with Crippen LogP contribution in [0.3, 0.4) is 0 Å². The monoisotopic (exact) mass is 226 g/mol. The van der Waals surface area contributed by atoms with E-state index >= 15 is 0 Å². The first kappa shape index (κ1) is 10.6. The van der Waals surface area contributed by atoms with Crippen LogP contribution in [0.5, 0.6) is 0 Å². The molecule has 2 aliphatic heterocycles. The van der Waals surface area contributed by atoms with E-state index in [2.05, 4.69) is 54.0 Å². The molecule has 2 heterocycles. The standard InChI is InChI=1S/C15H18N2/c1-11-14-10-16-8-7-13(14)9-15(17-11)12-5-3-2-4-6-12/h2-6,9,11,16-17H,7-8,10H2,1H3. The van der Waals surface area contributed by atoms with Gasteiger partial charge in [0.25, 0.3) is 0 Å². The minimum Gasteiger partial charge on any atom is -0.378 e. The highest BCUT2D eigenvalue weighted by molar-refractivity contribution is 5.69. The highest BCUT2D eigenvalue weighted by Gasteiger charge is 2.21. The van der Waals surface area contributed by atoms with E-state index < -0.39 is 0 Å². The molecule has 17 heavy (non-hydrogen) atoms. The van der Waals surface area contributed by atoms with E-state index in [1.54, 1.807) is 0 Å². The molecule has 0 saturated carbocycles. The Kier molecular flexibility index (Phi) is 2.73. The van der Waals surface area contributed by atoms with Crippen molar-refractivity contribution in [2.24, 2.45) is 0 Å². The molecule has 0 aromatic heterocycles. The van der Waals surface area contributed by atoms with Gasteiger partial charge in [0.15, 0.2) is 0 Å². The molecule has 2 aliphatic rings. The molecule has 0 spiro atoms. The first-order chi connectivity index (χ1) is 8.34. The third-order valence-corrected chi connectivity index (χ3v) is 3.60. The summed E-state index contributed by atoms with van der Waals surface area (Å²) in [7, 11) is 0. The lowest BCUT2D eigenvalue weighted by Gasteiger charge is -2.31. The van der Waals surface area contributed by atoms with Gasteiger partial charge in [0.2, 0.25) is 0 Å². The van der Waals surface area contributed by atoms with Gasteiger partial charge in [-0.1, -0.05) is 30.3 Å². The minimum absolute atomic E-state index is 0.443. The van der Waals surface area contributed by atoms with Crippen LogP contribution < -0.4 is 10.6 Å². The average molecular weight is 226 g/mol. The van der Waals surface area contributed by atoms with Gasteiger partial charge in [-0.15, -0.1) is 0 Å². The molecule has 1 unspecified atom stereocenters. The Morgan fingerprint density at radius 2 is 2.00 bits per heavy atom. The summed E-state index contributed by atoms with van der Waals surface area (Å²) in [5.41, 5.74) is 5.59. The quantitative estimate of drug-likeness (QED) is 0.768. The normalized spacial score (nSPS) is 23.8. The second-order valence-corrected chi connectivity index (χ2v) is 4.77. The summed E-state index contributed by atoms with van der Waals surface area (Å²) in [6, 6.07) is 11.0. The van der Waals surface area contributed by atoms with Gasteiger partial charge in [-0.3, -0.25) is 0 Å². The van der Waals surface area contributed by atoms with Gasteiger partial charge in [-0.2, -0.15) is 0 Å². The van der Waals surface area contributed by atoms with Crippen molar-refractivity contribution >= 4 is 5.70 Å². The highest BCUT2D eigenvalue weighted by atomic mass is 15.0. The summed E-state index contributed by atoms with van der Waals surface area (Å²) in [5.74, 6) is 0. The molecule has 3 rings (SSSR count). The SMILES string of the molecule is CC1NC(c2ccccc2)=CC2=C1CNCC2. The Morgan fingerprint density at radius 1 is 1.18 bits per heavy atom. The van der Waals surface area contributed by atoms with Crippen molar-refractivity contribution in [1.29, 1.82) is 0 Å². The van der Waals surface area contributed by atoms with Crippen molar-refractivity contribution in [2.75, 3.05) is 13.1 Å². The Hall–Kier alpha value is -1.54. The van der Waals surface area contributed by atoms with E-state index in [1.165, 1.54) is 22.4 Å². The van der Waals surface area contributed by atoms with Crippen molar-refractivity contribution in [3.05, 3.63) is 53.1 Å². The molecule has 88 valence electrons. The molecule has 1 aromatic carbocycles. The maximum Gasteiger partial charge on any atom is 0.0463 e. The zero-order valence-corrected chi connectivity index (χ0v) is 10.2. The summed E-state index contributed by atoms with van der Waals surface area (Å²) in [6.07, 6.45) is 3.48. The molecule has 0 bridgehead atoms. The van der Waals surface area contributed by atoms with Crippen molar-refractivity contribution in [2.45, 2.75) is 19.4 Å². The number of benzene rings is 1. The second-order valence-electron chi connectivity index (χ2n) is 4.77. The fourth-order valence-corrected chi connectivity index (χ4v) is 2.64. The van der Waals surface area contributed by atoms with Gasteiger partial charge in [0, 0.05) is 18.3 Å². The lowest BCUT2D eigenvalue weighted by atomic mass is 9.91. The lowest BCUT2D eigenvalue weighted by molar-refractivity contribution is 0.606. The molecule has 1 aromatic rings. The fourth-order valence-electron chi connectivity index (χ4n) is 2.64. The zero-order chi connectivity index (χ0) is 11.7. The molecule has 0 aliphatic carbocycles. The molecule has 0 radical (unpaired) electrons. The summed E-state index contributed by atoms with van der Waals surface area (Å²) < 4.78 is 0. The van der Waals surface area contributed by atoms with Crippen molar-refractivity contribution < 1.29 is 0 Å². The van der Waals surface area contributed by atoms with E-state index in [4.69, 9.17) is 0 Å². The first-order valence-electron chi connectivity index (χ1n) is 6.31. The summed E-state index contributed by atoms with van der Waals surface area (Å²) in [6.45, 7) is 4.38. The van der Waals surface area contributed by atoms with Crippen LogP contribution >= 0.6 is 0 Å². The maximum absolute atomic E-state index is 3.60. The number of nitrogens with one attached hydrogen (secondary N) is 2. The van der Waals surface area contributed by atoms with Gasteiger partial charge >= 0.3 is 0 Å². The van der Waals surface area contributed by atoms with Crippen LogP contribution in [-0.4, -0.2) is 19.1 Å². The smallest absolute Gasteiger partial charge is 0.0463 e. The molecule has 0 fully saturated rings. The number of rotatable bonds is 1. The average Bonchev–Trinajstić information content (AvgIpc) is 2.40. The Balaban J connectivity index is 1.98. The largest absolute Gasteiger partial charge is 0.378 e. The molecule has 0 saturated heterocycles. The lowest BCUT2D eigenvalue weighted by Crippen LogP contribution is -2.38. The number of dihydropyridines is 1. The summed E-state index contributed by atoms with van der Waals surface area (Å²) >= 11 is 0. The Morgan fingerprint density at radius 3 is 2.82 bits per heavy atom. The molecule has 2 heteroatoms. The summed E-state index contributed by atoms with van der Waals surface area (Å²) in [4.78, 5) is 0. The topological polar surface area (TPSA) is 24.1 Å². The van der Waals surface area contributed by atoms with E-state index in [9.17, 15) is 0 Å². The fraction of sp³-hybridized carbons (Fsp3) is 0.333. The number of hydrogen-bond acceptors (Lipinski definition) is 2. The molecule has 1 atom stereocenters. The Labute approximate surface area is 102 Å². The number of hydrogen-bond donors (Lipinski definition) is 2. The maximum atomic E-state index is 3.60. The van der Waals surface area contributed by atoms with Crippen molar-refractivity contribution in [3.8, 4) is 0 Å². The molecule has 2 N–H and O–H groups in total. The summed E-state index contributed by atoms with van der Waals surface area (Å²) in [5, 5.41) is 7.04. The zero-order valence-electron chi connectivity index (χ0n) is 10.2. The second kappa shape index (κ2) is 4.38.